The Kier molecular flexibility index (Phi) is 5.78. The summed E-state index contributed by atoms with van der Waals surface area (Å²) in [7, 11) is 1.29. The van der Waals surface area contributed by atoms with Crippen LogP contribution in [0.15, 0.2) is 18.3 Å². The molecule has 1 rings (SSSR count). The van der Waals surface area contributed by atoms with Gasteiger partial charge in [-0.3, -0.25) is 4.79 Å². The van der Waals surface area contributed by atoms with Gasteiger partial charge in [-0.05, 0) is 18.6 Å². The molecule has 1 heterocycles. The van der Waals surface area contributed by atoms with Crippen molar-refractivity contribution < 1.29 is 19.4 Å². The van der Waals surface area contributed by atoms with Crippen molar-refractivity contribution in [1.82, 2.24) is 4.98 Å². The SMILES string of the molecule is CCCC(CNc1ncccc1C(=O)OC)C(=O)O. The fourth-order valence-corrected chi connectivity index (χ4v) is 1.70. The third-order valence-electron chi connectivity index (χ3n) is 2.72. The highest BCUT2D eigenvalue weighted by Crippen LogP contribution is 2.14. The molecule has 0 spiro atoms. The van der Waals surface area contributed by atoms with E-state index in [1.165, 1.54) is 13.3 Å². The third-order valence-corrected chi connectivity index (χ3v) is 2.72. The Balaban J connectivity index is 2.76. The molecule has 1 unspecified atom stereocenters. The Morgan fingerprint density at radius 1 is 1.53 bits per heavy atom. The number of carbonyl (C=O) groups excluding carboxylic acids is 1. The molecule has 0 aromatic carbocycles. The van der Waals surface area contributed by atoms with E-state index in [9.17, 15) is 9.59 Å². The number of aromatic nitrogens is 1. The minimum Gasteiger partial charge on any atom is -0.481 e. The van der Waals surface area contributed by atoms with Crippen molar-refractivity contribution in [3.8, 4) is 0 Å². The first kappa shape index (κ1) is 14.9. The molecule has 0 amide bonds. The molecule has 0 aliphatic carbocycles. The monoisotopic (exact) mass is 266 g/mol. The summed E-state index contributed by atoms with van der Waals surface area (Å²) in [5, 5.41) is 12.0. The van der Waals surface area contributed by atoms with Gasteiger partial charge in [0, 0.05) is 12.7 Å². The number of ether oxygens (including phenoxy) is 1. The number of pyridine rings is 1. The largest absolute Gasteiger partial charge is 0.481 e. The first-order valence-electron chi connectivity index (χ1n) is 6.10. The predicted molar refractivity (Wildman–Crippen MR) is 70.1 cm³/mol. The molecular formula is C13H18N2O4. The summed E-state index contributed by atoms with van der Waals surface area (Å²) in [6, 6.07) is 3.20. The van der Waals surface area contributed by atoms with Gasteiger partial charge in [0.05, 0.1) is 13.0 Å². The Labute approximate surface area is 111 Å². The number of carboxylic acids is 1. The highest BCUT2D eigenvalue weighted by atomic mass is 16.5. The Bertz CT molecular complexity index is 448. The minimum atomic E-state index is -0.857. The Morgan fingerprint density at radius 3 is 2.84 bits per heavy atom. The highest BCUT2D eigenvalue weighted by molar-refractivity contribution is 5.94. The Hall–Kier alpha value is -2.11. The number of aliphatic carboxylic acids is 1. The summed E-state index contributed by atoms with van der Waals surface area (Å²) in [5.41, 5.74) is 0.297. The van der Waals surface area contributed by atoms with Crippen molar-refractivity contribution in [2.45, 2.75) is 19.8 Å². The molecule has 0 saturated heterocycles. The number of hydrogen-bond acceptors (Lipinski definition) is 5. The van der Waals surface area contributed by atoms with Crippen LogP contribution in [-0.4, -0.2) is 35.7 Å². The molecule has 19 heavy (non-hydrogen) atoms. The standard InChI is InChI=1S/C13H18N2O4/c1-3-5-9(12(16)17)8-15-11-10(13(18)19-2)6-4-7-14-11/h4,6-7,9H,3,5,8H2,1-2H3,(H,14,15)(H,16,17). The van der Waals surface area contributed by atoms with Gasteiger partial charge in [-0.25, -0.2) is 9.78 Å². The molecule has 0 aliphatic heterocycles. The lowest BCUT2D eigenvalue weighted by atomic mass is 10.0. The zero-order valence-corrected chi connectivity index (χ0v) is 11.0. The van der Waals surface area contributed by atoms with E-state index in [1.54, 1.807) is 12.1 Å². The normalized spacial score (nSPS) is 11.7. The zero-order valence-electron chi connectivity index (χ0n) is 11.0. The predicted octanol–water partition coefficient (Wildman–Crippen LogP) is 1.78. The van der Waals surface area contributed by atoms with Gasteiger partial charge < -0.3 is 15.2 Å². The number of nitrogens with one attached hydrogen (secondary N) is 1. The first-order valence-corrected chi connectivity index (χ1v) is 6.10. The average molecular weight is 266 g/mol. The van der Waals surface area contributed by atoms with Gasteiger partial charge in [-0.1, -0.05) is 13.3 Å². The number of methoxy groups -OCH3 is 1. The number of nitrogens with zero attached hydrogens (tertiary/aromatic N) is 1. The topological polar surface area (TPSA) is 88.5 Å². The van der Waals surface area contributed by atoms with Crippen LogP contribution in [0.4, 0.5) is 5.82 Å². The number of carboxylic acid groups (broad SMARTS) is 1. The number of hydrogen-bond donors (Lipinski definition) is 2. The lowest BCUT2D eigenvalue weighted by Gasteiger charge is -2.14. The van der Waals surface area contributed by atoms with E-state index in [0.717, 1.165) is 6.42 Å². The van der Waals surface area contributed by atoms with Crippen molar-refractivity contribution in [2.24, 2.45) is 5.92 Å². The van der Waals surface area contributed by atoms with E-state index in [4.69, 9.17) is 5.11 Å². The lowest BCUT2D eigenvalue weighted by molar-refractivity contribution is -0.141. The van der Waals surface area contributed by atoms with Crippen molar-refractivity contribution in [3.05, 3.63) is 23.9 Å². The molecule has 0 bridgehead atoms. The fraction of sp³-hybridized carbons (Fsp3) is 0.462. The second-order valence-corrected chi connectivity index (χ2v) is 4.10. The van der Waals surface area contributed by atoms with Crippen LogP contribution in [0.3, 0.4) is 0 Å². The van der Waals surface area contributed by atoms with Crippen LogP contribution in [0.2, 0.25) is 0 Å². The summed E-state index contributed by atoms with van der Waals surface area (Å²) in [5.74, 6) is -1.52. The van der Waals surface area contributed by atoms with Crippen LogP contribution in [0.25, 0.3) is 0 Å². The molecule has 6 heteroatoms. The molecule has 0 aliphatic rings. The second-order valence-electron chi connectivity index (χ2n) is 4.10. The fourth-order valence-electron chi connectivity index (χ4n) is 1.70. The van der Waals surface area contributed by atoms with Gasteiger partial charge in [0.15, 0.2) is 0 Å². The third kappa shape index (κ3) is 4.24. The number of carbonyl (C=O) groups is 2. The summed E-state index contributed by atoms with van der Waals surface area (Å²) in [4.78, 5) is 26.6. The van der Waals surface area contributed by atoms with Crippen LogP contribution < -0.4 is 5.32 Å². The summed E-state index contributed by atoms with van der Waals surface area (Å²) in [6.45, 7) is 2.15. The van der Waals surface area contributed by atoms with Crippen LogP contribution in [-0.2, 0) is 9.53 Å². The van der Waals surface area contributed by atoms with E-state index in [1.807, 2.05) is 6.92 Å². The maximum atomic E-state index is 11.5. The molecule has 1 aromatic rings. The van der Waals surface area contributed by atoms with Crippen molar-refractivity contribution in [2.75, 3.05) is 19.0 Å². The number of anilines is 1. The number of rotatable bonds is 7. The van der Waals surface area contributed by atoms with Crippen LogP contribution in [0.1, 0.15) is 30.1 Å². The maximum Gasteiger partial charge on any atom is 0.341 e. The zero-order chi connectivity index (χ0) is 14.3. The summed E-state index contributed by atoms with van der Waals surface area (Å²) < 4.78 is 4.64. The molecule has 0 saturated carbocycles. The van der Waals surface area contributed by atoms with E-state index >= 15 is 0 Å². The highest BCUT2D eigenvalue weighted by Gasteiger charge is 2.18. The minimum absolute atomic E-state index is 0.226. The molecule has 1 aromatic heterocycles. The van der Waals surface area contributed by atoms with E-state index < -0.39 is 17.9 Å². The quantitative estimate of drug-likeness (QED) is 0.731. The summed E-state index contributed by atoms with van der Waals surface area (Å²) >= 11 is 0. The summed E-state index contributed by atoms with van der Waals surface area (Å²) in [6.07, 6.45) is 2.89. The molecular weight excluding hydrogens is 248 g/mol. The molecule has 1 atom stereocenters. The molecule has 0 fully saturated rings. The van der Waals surface area contributed by atoms with Gasteiger partial charge in [-0.2, -0.15) is 0 Å². The van der Waals surface area contributed by atoms with Crippen molar-refractivity contribution in [1.29, 1.82) is 0 Å². The van der Waals surface area contributed by atoms with Crippen LogP contribution in [0.5, 0.6) is 0 Å². The van der Waals surface area contributed by atoms with Crippen molar-refractivity contribution in [3.63, 3.8) is 0 Å². The van der Waals surface area contributed by atoms with Gasteiger partial charge in [0.25, 0.3) is 0 Å². The molecule has 6 nitrogen and oxygen atoms in total. The van der Waals surface area contributed by atoms with Crippen molar-refractivity contribution >= 4 is 17.8 Å². The van der Waals surface area contributed by atoms with E-state index in [2.05, 4.69) is 15.0 Å². The van der Waals surface area contributed by atoms with Crippen LogP contribution >= 0.6 is 0 Å². The molecule has 104 valence electrons. The second kappa shape index (κ2) is 7.35. The maximum absolute atomic E-state index is 11.5. The van der Waals surface area contributed by atoms with Crippen LogP contribution in [0, 0.1) is 5.92 Å². The number of esters is 1. The van der Waals surface area contributed by atoms with Gasteiger partial charge in [-0.15, -0.1) is 0 Å². The average Bonchev–Trinajstić information content (AvgIpc) is 2.42. The van der Waals surface area contributed by atoms with E-state index in [-0.39, 0.29) is 6.54 Å². The molecule has 0 radical (unpaired) electrons. The van der Waals surface area contributed by atoms with Gasteiger partial charge >= 0.3 is 11.9 Å². The Morgan fingerprint density at radius 2 is 2.26 bits per heavy atom. The van der Waals surface area contributed by atoms with Gasteiger partial charge in [0.2, 0.25) is 0 Å². The van der Waals surface area contributed by atoms with Gasteiger partial charge in [0.1, 0.15) is 11.4 Å². The van der Waals surface area contributed by atoms with E-state index in [0.29, 0.717) is 17.8 Å². The first-order chi connectivity index (χ1) is 9.10. The molecule has 2 N–H and O–H groups in total. The smallest absolute Gasteiger partial charge is 0.341 e. The lowest BCUT2D eigenvalue weighted by Crippen LogP contribution is -2.24.